The van der Waals surface area contributed by atoms with E-state index in [2.05, 4.69) is 16.9 Å². The van der Waals surface area contributed by atoms with Crippen molar-refractivity contribution in [3.05, 3.63) is 47.4 Å². The molecule has 0 bridgehead atoms. The molecule has 0 radical (unpaired) electrons. The van der Waals surface area contributed by atoms with Gasteiger partial charge in [-0.15, -0.1) is 0 Å². The molecule has 1 heterocycles. The zero-order valence-electron chi connectivity index (χ0n) is 23.0. The number of nitrogens with one attached hydrogen (secondary N) is 1. The number of aromatic nitrogens is 2. The molecule has 210 valence electrons. The number of hydrogen-bond acceptors (Lipinski definition) is 6. The largest absolute Gasteiger partial charge is 0.462 e. The number of benzene rings is 1. The number of carbonyl (C=O) groups excluding carboxylic acids is 3. The normalized spacial score (nSPS) is 10.9. The molecule has 38 heavy (non-hydrogen) atoms. The highest BCUT2D eigenvalue weighted by Crippen LogP contribution is 2.16. The van der Waals surface area contributed by atoms with Crippen LogP contribution in [0.3, 0.4) is 0 Å². The summed E-state index contributed by atoms with van der Waals surface area (Å²) in [5.74, 6) is -2.11. The van der Waals surface area contributed by atoms with E-state index < -0.39 is 17.8 Å². The summed E-state index contributed by atoms with van der Waals surface area (Å²) in [7, 11) is 0. The summed E-state index contributed by atoms with van der Waals surface area (Å²) in [6, 6.07) is 5.94. The third-order valence-corrected chi connectivity index (χ3v) is 6.63. The van der Waals surface area contributed by atoms with Crippen LogP contribution in [0.1, 0.15) is 141 Å². The predicted molar refractivity (Wildman–Crippen MR) is 148 cm³/mol. The molecule has 8 nitrogen and oxygen atoms in total. The fourth-order valence-electron chi connectivity index (χ4n) is 4.32. The zero-order valence-corrected chi connectivity index (χ0v) is 23.0. The number of amides is 1. The molecule has 0 saturated carbocycles. The Hall–Kier alpha value is -3.16. The Kier molecular flexibility index (Phi) is 15.5. The summed E-state index contributed by atoms with van der Waals surface area (Å²) in [6.07, 6.45) is 22.0. The minimum Gasteiger partial charge on any atom is -0.462 e. The number of carbonyl (C=O) groups is 3. The fraction of sp³-hybridized carbons (Fsp3) is 0.600. The van der Waals surface area contributed by atoms with Gasteiger partial charge in [-0.05, 0) is 30.7 Å². The molecule has 0 fully saturated rings. The van der Waals surface area contributed by atoms with Gasteiger partial charge in [0.1, 0.15) is 0 Å². The van der Waals surface area contributed by atoms with Crippen LogP contribution in [0.2, 0.25) is 0 Å². The summed E-state index contributed by atoms with van der Waals surface area (Å²) in [4.78, 5) is 42.1. The number of imidazole rings is 1. The Labute approximate surface area is 227 Å². The Morgan fingerprint density at radius 2 is 1.16 bits per heavy atom. The van der Waals surface area contributed by atoms with Crippen LogP contribution < -0.4 is 10.5 Å². The van der Waals surface area contributed by atoms with Crippen molar-refractivity contribution in [2.75, 3.05) is 6.61 Å². The molecule has 2 rings (SSSR count). The van der Waals surface area contributed by atoms with Crippen molar-refractivity contribution in [1.29, 1.82) is 0 Å². The third kappa shape index (κ3) is 12.4. The van der Waals surface area contributed by atoms with Gasteiger partial charge in [0.05, 0.1) is 24.1 Å². The molecule has 1 aromatic heterocycles. The molecule has 0 spiro atoms. The Morgan fingerprint density at radius 1 is 0.711 bits per heavy atom. The van der Waals surface area contributed by atoms with Crippen LogP contribution in [0.25, 0.3) is 0 Å². The molecule has 0 saturated heterocycles. The lowest BCUT2D eigenvalue weighted by atomic mass is 10.0. The van der Waals surface area contributed by atoms with E-state index >= 15 is 0 Å². The monoisotopic (exact) mass is 527 g/mol. The van der Waals surface area contributed by atoms with Crippen LogP contribution >= 0.6 is 0 Å². The summed E-state index contributed by atoms with van der Waals surface area (Å²) in [5.41, 5.74) is 5.67. The lowest BCUT2D eigenvalue weighted by Crippen LogP contribution is -2.16. The van der Waals surface area contributed by atoms with Crippen molar-refractivity contribution >= 4 is 17.8 Å². The number of unbranched alkanes of at least 4 members (excludes halogenated alkanes) is 15. The second-order valence-corrected chi connectivity index (χ2v) is 9.85. The van der Waals surface area contributed by atoms with Gasteiger partial charge in [0.15, 0.2) is 5.69 Å². The summed E-state index contributed by atoms with van der Waals surface area (Å²) in [5, 5.41) is 0. The lowest BCUT2D eigenvalue weighted by molar-refractivity contribution is 0.0496. The first-order valence-corrected chi connectivity index (χ1v) is 14.4. The SMILES string of the molecule is CCCCCCCCCCCCCCCCCCOC(=O)c1ccc(C(=O)Oc2nc[nH]c2C(N)=O)cc1. The first-order valence-electron chi connectivity index (χ1n) is 14.4. The highest BCUT2D eigenvalue weighted by Gasteiger charge is 2.18. The van der Waals surface area contributed by atoms with Crippen molar-refractivity contribution < 1.29 is 23.9 Å². The molecule has 0 aliphatic heterocycles. The van der Waals surface area contributed by atoms with E-state index in [1.807, 2.05) is 0 Å². The van der Waals surface area contributed by atoms with Gasteiger partial charge in [-0.3, -0.25) is 4.79 Å². The molecule has 0 atom stereocenters. The number of aromatic amines is 1. The third-order valence-electron chi connectivity index (χ3n) is 6.63. The maximum Gasteiger partial charge on any atom is 0.344 e. The van der Waals surface area contributed by atoms with E-state index in [-0.39, 0.29) is 17.1 Å². The molecule has 2 aromatic rings. The molecule has 0 aliphatic carbocycles. The maximum absolute atomic E-state index is 12.3. The van der Waals surface area contributed by atoms with Gasteiger partial charge in [-0.25, -0.2) is 14.6 Å². The van der Waals surface area contributed by atoms with Gasteiger partial charge in [0, 0.05) is 0 Å². The molecular formula is C30H45N3O5. The minimum atomic E-state index is -0.785. The van der Waals surface area contributed by atoms with Crippen molar-refractivity contribution in [2.24, 2.45) is 5.73 Å². The van der Waals surface area contributed by atoms with Gasteiger partial charge in [0.2, 0.25) is 0 Å². The lowest BCUT2D eigenvalue weighted by Gasteiger charge is -2.06. The molecule has 1 aromatic carbocycles. The van der Waals surface area contributed by atoms with Gasteiger partial charge in [0.25, 0.3) is 11.8 Å². The predicted octanol–water partition coefficient (Wildman–Crippen LogP) is 7.15. The average molecular weight is 528 g/mol. The quantitative estimate of drug-likeness (QED) is 0.131. The van der Waals surface area contributed by atoms with Crippen LogP contribution in [0, 0.1) is 0 Å². The van der Waals surface area contributed by atoms with Crippen LogP contribution in [-0.4, -0.2) is 34.4 Å². The molecule has 1 amide bonds. The minimum absolute atomic E-state index is 0.0902. The number of esters is 2. The first kappa shape index (κ1) is 31.1. The topological polar surface area (TPSA) is 124 Å². The summed E-state index contributed by atoms with van der Waals surface area (Å²) >= 11 is 0. The van der Waals surface area contributed by atoms with E-state index in [0.29, 0.717) is 12.2 Å². The number of ether oxygens (including phenoxy) is 2. The van der Waals surface area contributed by atoms with Gasteiger partial charge in [-0.2, -0.15) is 0 Å². The van der Waals surface area contributed by atoms with E-state index in [1.54, 1.807) is 0 Å². The van der Waals surface area contributed by atoms with Crippen molar-refractivity contribution in [3.8, 4) is 5.88 Å². The number of hydrogen-bond donors (Lipinski definition) is 2. The van der Waals surface area contributed by atoms with Crippen LogP contribution in [0.15, 0.2) is 30.6 Å². The smallest absolute Gasteiger partial charge is 0.344 e. The van der Waals surface area contributed by atoms with Crippen LogP contribution in [0.5, 0.6) is 5.88 Å². The number of H-pyrrole nitrogens is 1. The molecule has 0 unspecified atom stereocenters. The van der Waals surface area contributed by atoms with E-state index in [0.717, 1.165) is 12.8 Å². The molecule has 0 aliphatic rings. The standard InChI is InChI=1S/C30H45N3O5/c1-2-3-4-5-6-7-8-9-10-11-12-13-14-15-16-17-22-37-29(35)24-18-20-25(21-19-24)30(36)38-28-26(27(31)34)32-23-33-28/h18-21,23H,2-17,22H2,1H3,(H2,31,34)(H,32,33). The number of nitrogens with two attached hydrogens (primary N) is 1. The molecule has 3 N–H and O–H groups in total. The van der Waals surface area contributed by atoms with Gasteiger partial charge < -0.3 is 20.2 Å². The van der Waals surface area contributed by atoms with Crippen molar-refractivity contribution in [1.82, 2.24) is 9.97 Å². The first-order chi connectivity index (χ1) is 18.5. The number of rotatable bonds is 21. The molecule has 8 heteroatoms. The van der Waals surface area contributed by atoms with E-state index in [9.17, 15) is 14.4 Å². The molecular weight excluding hydrogens is 482 g/mol. The van der Waals surface area contributed by atoms with E-state index in [4.69, 9.17) is 15.2 Å². The number of primary amides is 1. The van der Waals surface area contributed by atoms with Gasteiger partial charge in [-0.1, -0.05) is 103 Å². The fourth-order valence-corrected chi connectivity index (χ4v) is 4.32. The van der Waals surface area contributed by atoms with Crippen molar-refractivity contribution in [3.63, 3.8) is 0 Å². The summed E-state index contributed by atoms with van der Waals surface area (Å²) in [6.45, 7) is 2.65. The average Bonchev–Trinajstić information content (AvgIpc) is 3.39. The van der Waals surface area contributed by atoms with Gasteiger partial charge >= 0.3 is 11.9 Å². The Morgan fingerprint density at radius 3 is 1.63 bits per heavy atom. The second-order valence-electron chi connectivity index (χ2n) is 9.85. The van der Waals surface area contributed by atoms with E-state index in [1.165, 1.54) is 120 Å². The zero-order chi connectivity index (χ0) is 27.4. The van der Waals surface area contributed by atoms with Crippen molar-refractivity contribution in [2.45, 2.75) is 110 Å². The van der Waals surface area contributed by atoms with Crippen LogP contribution in [-0.2, 0) is 4.74 Å². The highest BCUT2D eigenvalue weighted by molar-refractivity contribution is 5.97. The van der Waals surface area contributed by atoms with Crippen LogP contribution in [0.4, 0.5) is 0 Å². The summed E-state index contributed by atoms with van der Waals surface area (Å²) < 4.78 is 10.5. The number of nitrogens with zero attached hydrogens (tertiary/aromatic N) is 1. The second kappa shape index (κ2) is 19.0. The Balaban J connectivity index is 1.47. The maximum atomic E-state index is 12.3. The Bertz CT molecular complexity index is 955. The highest BCUT2D eigenvalue weighted by atomic mass is 16.5.